The van der Waals surface area contributed by atoms with Crippen molar-refractivity contribution in [3.63, 3.8) is 0 Å². The maximum absolute atomic E-state index is 14.5. The molecule has 3 aromatic carbocycles. The zero-order chi connectivity index (χ0) is 22.2. The molecule has 5 rings (SSSR count). The first kappa shape index (κ1) is 19.7. The second-order valence-corrected chi connectivity index (χ2v) is 7.31. The quantitative estimate of drug-likeness (QED) is 0.397. The number of H-pyrrole nitrogens is 1. The van der Waals surface area contributed by atoms with Crippen LogP contribution in [-0.4, -0.2) is 14.6 Å². The van der Waals surface area contributed by atoms with Crippen LogP contribution in [0.25, 0.3) is 28.0 Å². The molecule has 0 aliphatic carbocycles. The number of ether oxygens (including phenoxy) is 1. The Balaban J connectivity index is 1.57. The van der Waals surface area contributed by atoms with Crippen molar-refractivity contribution < 1.29 is 13.5 Å². The fourth-order valence-corrected chi connectivity index (χ4v) is 3.63. The van der Waals surface area contributed by atoms with E-state index >= 15 is 0 Å². The Kier molecular flexibility index (Phi) is 4.78. The Morgan fingerprint density at radius 3 is 2.34 bits per heavy atom. The Morgan fingerprint density at radius 1 is 0.906 bits per heavy atom. The van der Waals surface area contributed by atoms with Crippen molar-refractivity contribution in [3.8, 4) is 33.9 Å². The van der Waals surface area contributed by atoms with Gasteiger partial charge in [0.25, 0.3) is 5.56 Å². The Hall–Kier alpha value is -4.26. The number of para-hydroxylation sites is 1. The number of benzene rings is 3. The van der Waals surface area contributed by atoms with Gasteiger partial charge in [-0.1, -0.05) is 18.2 Å². The summed E-state index contributed by atoms with van der Waals surface area (Å²) in [6.07, 6.45) is 0. The van der Waals surface area contributed by atoms with E-state index in [1.165, 1.54) is 22.7 Å². The van der Waals surface area contributed by atoms with Crippen LogP contribution in [-0.2, 0) is 0 Å². The molecule has 0 saturated carbocycles. The number of aromatic amines is 1. The monoisotopic (exact) mass is 429 g/mol. The first-order valence-corrected chi connectivity index (χ1v) is 9.91. The van der Waals surface area contributed by atoms with Gasteiger partial charge in [-0.05, 0) is 55.5 Å². The number of halogens is 2. The van der Waals surface area contributed by atoms with Crippen molar-refractivity contribution in [2.24, 2.45) is 0 Å². The highest BCUT2D eigenvalue weighted by molar-refractivity contribution is 5.81. The number of hydrogen-bond donors (Lipinski definition) is 1. The van der Waals surface area contributed by atoms with Gasteiger partial charge in [-0.15, -0.1) is 0 Å². The molecule has 0 radical (unpaired) electrons. The number of aromatic nitrogens is 3. The summed E-state index contributed by atoms with van der Waals surface area (Å²) in [5.41, 5.74) is 2.18. The van der Waals surface area contributed by atoms with Crippen LogP contribution in [0.5, 0.6) is 11.5 Å². The lowest BCUT2D eigenvalue weighted by atomic mass is 10.1. The number of fused-ring (bicyclic) bond motifs is 1. The first-order chi connectivity index (χ1) is 15.5. The molecule has 2 heterocycles. The van der Waals surface area contributed by atoms with Crippen LogP contribution in [0.3, 0.4) is 0 Å². The topological polar surface area (TPSA) is 59.4 Å². The van der Waals surface area contributed by atoms with Gasteiger partial charge in [-0.25, -0.2) is 18.3 Å². The summed E-state index contributed by atoms with van der Waals surface area (Å²) in [5, 5.41) is 2.91. The molecule has 0 aliphatic heterocycles. The second-order valence-electron chi connectivity index (χ2n) is 7.31. The minimum absolute atomic E-state index is 0.165. The smallest absolute Gasteiger partial charge is 0.273 e. The largest absolute Gasteiger partial charge is 0.457 e. The van der Waals surface area contributed by atoms with Crippen molar-refractivity contribution in [2.45, 2.75) is 6.92 Å². The summed E-state index contributed by atoms with van der Waals surface area (Å²) in [6.45, 7) is 1.71. The van der Waals surface area contributed by atoms with Crippen LogP contribution in [0, 0.1) is 18.6 Å². The van der Waals surface area contributed by atoms with Gasteiger partial charge in [0.2, 0.25) is 0 Å². The van der Waals surface area contributed by atoms with Crippen molar-refractivity contribution in [1.29, 1.82) is 0 Å². The molecule has 0 bridgehead atoms. The summed E-state index contributed by atoms with van der Waals surface area (Å²) in [6, 6.07) is 21.3. The van der Waals surface area contributed by atoms with Gasteiger partial charge >= 0.3 is 0 Å². The molecule has 5 aromatic rings. The second kappa shape index (κ2) is 7.77. The molecule has 0 atom stereocenters. The Labute approximate surface area is 181 Å². The van der Waals surface area contributed by atoms with Gasteiger partial charge in [-0.2, -0.15) is 0 Å². The van der Waals surface area contributed by atoms with E-state index in [0.29, 0.717) is 34.0 Å². The maximum Gasteiger partial charge on any atom is 0.273 e. The van der Waals surface area contributed by atoms with Gasteiger partial charge < -0.3 is 4.74 Å². The lowest BCUT2D eigenvalue weighted by molar-refractivity contribution is 0.483. The van der Waals surface area contributed by atoms with Gasteiger partial charge in [0.05, 0.1) is 5.69 Å². The highest BCUT2D eigenvalue weighted by Crippen LogP contribution is 2.31. The van der Waals surface area contributed by atoms with Gasteiger partial charge in [0, 0.05) is 34.5 Å². The van der Waals surface area contributed by atoms with Crippen molar-refractivity contribution in [3.05, 3.63) is 107 Å². The van der Waals surface area contributed by atoms with E-state index in [4.69, 9.17) is 4.74 Å². The third kappa shape index (κ3) is 3.54. The zero-order valence-electron chi connectivity index (χ0n) is 17.0. The van der Waals surface area contributed by atoms with Crippen LogP contribution in [0.2, 0.25) is 0 Å². The van der Waals surface area contributed by atoms with E-state index in [9.17, 15) is 13.6 Å². The lowest BCUT2D eigenvalue weighted by Crippen LogP contribution is -2.14. The standard InChI is InChI=1S/C25H17F2N3O2/c1-15-24(20-12-9-17(26)13-21(20)27)25-28-22(14-23(31)30(25)29-15)16-7-10-19(11-8-16)32-18-5-3-2-4-6-18/h2-14,29H,1H3. The van der Waals surface area contributed by atoms with Crippen LogP contribution in [0.4, 0.5) is 8.78 Å². The predicted molar refractivity (Wildman–Crippen MR) is 118 cm³/mol. The van der Waals surface area contributed by atoms with Gasteiger partial charge in [0.1, 0.15) is 23.1 Å². The van der Waals surface area contributed by atoms with E-state index in [1.54, 1.807) is 31.2 Å². The highest BCUT2D eigenvalue weighted by Gasteiger charge is 2.18. The van der Waals surface area contributed by atoms with Crippen molar-refractivity contribution in [2.75, 3.05) is 0 Å². The summed E-state index contributed by atoms with van der Waals surface area (Å²) in [7, 11) is 0. The average molecular weight is 429 g/mol. The molecule has 0 unspecified atom stereocenters. The van der Waals surface area contributed by atoms with E-state index in [0.717, 1.165) is 6.07 Å². The van der Waals surface area contributed by atoms with E-state index in [-0.39, 0.29) is 16.8 Å². The molecule has 0 spiro atoms. The molecule has 158 valence electrons. The molecule has 0 fully saturated rings. The fourth-order valence-electron chi connectivity index (χ4n) is 3.63. The van der Waals surface area contributed by atoms with E-state index in [2.05, 4.69) is 10.1 Å². The lowest BCUT2D eigenvalue weighted by Gasteiger charge is -2.07. The van der Waals surface area contributed by atoms with Crippen LogP contribution in [0.1, 0.15) is 5.69 Å². The average Bonchev–Trinajstić information content (AvgIpc) is 3.11. The number of aryl methyl sites for hydroxylation is 1. The van der Waals surface area contributed by atoms with E-state index < -0.39 is 11.6 Å². The summed E-state index contributed by atoms with van der Waals surface area (Å²) in [5.74, 6) is -0.0415. The molecule has 0 aliphatic rings. The van der Waals surface area contributed by atoms with Crippen LogP contribution in [0.15, 0.2) is 83.7 Å². The van der Waals surface area contributed by atoms with Crippen molar-refractivity contribution >= 4 is 5.65 Å². The van der Waals surface area contributed by atoms with E-state index in [1.807, 2.05) is 30.3 Å². The molecular formula is C25H17F2N3O2. The Morgan fingerprint density at radius 2 is 1.62 bits per heavy atom. The molecule has 7 heteroatoms. The molecular weight excluding hydrogens is 412 g/mol. The third-order valence-corrected chi connectivity index (χ3v) is 5.13. The normalized spacial score (nSPS) is 11.1. The minimum Gasteiger partial charge on any atom is -0.457 e. The fraction of sp³-hybridized carbons (Fsp3) is 0.0400. The van der Waals surface area contributed by atoms with Gasteiger partial charge in [-0.3, -0.25) is 9.89 Å². The molecule has 32 heavy (non-hydrogen) atoms. The molecule has 0 amide bonds. The SMILES string of the molecule is Cc1[nH]n2c(=O)cc(-c3ccc(Oc4ccccc4)cc3)nc2c1-c1ccc(F)cc1F. The summed E-state index contributed by atoms with van der Waals surface area (Å²) in [4.78, 5) is 17.3. The number of nitrogens with one attached hydrogen (secondary N) is 1. The molecule has 2 aromatic heterocycles. The predicted octanol–water partition coefficient (Wildman–Crippen LogP) is 5.74. The Bertz CT molecular complexity index is 1490. The number of nitrogens with zero attached hydrogens (tertiary/aromatic N) is 2. The minimum atomic E-state index is -0.725. The number of hydrogen-bond acceptors (Lipinski definition) is 3. The first-order valence-electron chi connectivity index (χ1n) is 9.91. The number of rotatable bonds is 4. The van der Waals surface area contributed by atoms with Crippen LogP contribution < -0.4 is 10.3 Å². The maximum atomic E-state index is 14.5. The zero-order valence-corrected chi connectivity index (χ0v) is 17.0. The van der Waals surface area contributed by atoms with Gasteiger partial charge in [0.15, 0.2) is 5.65 Å². The summed E-state index contributed by atoms with van der Waals surface area (Å²) < 4.78 is 34.9. The summed E-state index contributed by atoms with van der Waals surface area (Å²) >= 11 is 0. The van der Waals surface area contributed by atoms with Crippen molar-refractivity contribution in [1.82, 2.24) is 14.6 Å². The third-order valence-electron chi connectivity index (χ3n) is 5.13. The highest BCUT2D eigenvalue weighted by atomic mass is 19.1. The molecule has 1 N–H and O–H groups in total. The molecule has 5 nitrogen and oxygen atoms in total. The van der Waals surface area contributed by atoms with Crippen LogP contribution >= 0.6 is 0 Å². The molecule has 0 saturated heterocycles.